The zero-order chi connectivity index (χ0) is 30.7. The minimum absolute atomic E-state index is 0.00503. The average molecular weight is 604 g/mol. The molecule has 1 heterocycles. The van der Waals surface area contributed by atoms with Crippen LogP contribution in [-0.2, 0) is 21.2 Å². The number of carbonyl (C=O) groups is 1. The molecule has 232 valence electrons. The molecule has 2 aromatic rings. The van der Waals surface area contributed by atoms with Crippen molar-refractivity contribution in [2.45, 2.75) is 68.3 Å². The summed E-state index contributed by atoms with van der Waals surface area (Å²) in [5.74, 6) is 0.744. The van der Waals surface area contributed by atoms with Gasteiger partial charge < -0.3 is 19.7 Å². The molecular weight excluding hydrogens is 558 g/mol. The summed E-state index contributed by atoms with van der Waals surface area (Å²) in [5, 5.41) is 23.3. The zero-order valence-corrected chi connectivity index (χ0v) is 26.0. The molecule has 42 heavy (non-hydrogen) atoms. The van der Waals surface area contributed by atoms with Crippen molar-refractivity contribution in [3.05, 3.63) is 60.2 Å². The second-order valence-electron chi connectivity index (χ2n) is 12.1. The second kappa shape index (κ2) is 13.3. The Morgan fingerprint density at radius 1 is 1.10 bits per heavy atom. The van der Waals surface area contributed by atoms with Gasteiger partial charge >= 0.3 is 6.09 Å². The smallest absolute Gasteiger partial charge is 0.407 e. The Labute approximate surface area is 249 Å². The van der Waals surface area contributed by atoms with E-state index >= 15 is 0 Å². The number of hydrogen-bond acceptors (Lipinski definition) is 7. The molecule has 1 aliphatic carbocycles. The molecule has 1 saturated heterocycles. The van der Waals surface area contributed by atoms with Gasteiger partial charge in [0.15, 0.2) is 5.72 Å². The van der Waals surface area contributed by atoms with Gasteiger partial charge in [0.2, 0.25) is 10.0 Å². The van der Waals surface area contributed by atoms with Gasteiger partial charge in [0.05, 0.1) is 30.7 Å². The molecule has 2 aliphatic rings. The van der Waals surface area contributed by atoms with Crippen molar-refractivity contribution in [2.75, 3.05) is 40.9 Å². The summed E-state index contributed by atoms with van der Waals surface area (Å²) in [4.78, 5) is 16.1. The van der Waals surface area contributed by atoms with E-state index in [1.54, 1.807) is 31.1 Å². The fourth-order valence-corrected chi connectivity index (χ4v) is 8.02. The van der Waals surface area contributed by atoms with Gasteiger partial charge in [0.25, 0.3) is 0 Å². The molecule has 1 aliphatic heterocycles. The molecule has 0 aromatic heterocycles. The highest BCUT2D eigenvalue weighted by atomic mass is 32.2. The molecular formula is C31H45N3O7S. The Hall–Kier alpha value is -2.70. The normalized spacial score (nSPS) is 22.7. The number of methoxy groups -OCH3 is 1. The number of nitrogens with zero attached hydrogens (tertiary/aromatic N) is 3. The number of ether oxygens (including phenoxy) is 2. The molecule has 5 atom stereocenters. The monoisotopic (exact) mass is 603 g/mol. The summed E-state index contributed by atoms with van der Waals surface area (Å²) in [6.45, 7) is 4.31. The summed E-state index contributed by atoms with van der Waals surface area (Å²) in [6.07, 6.45) is 1.13. The van der Waals surface area contributed by atoms with E-state index in [1.807, 2.05) is 44.2 Å². The van der Waals surface area contributed by atoms with Crippen molar-refractivity contribution in [3.8, 4) is 5.75 Å². The quantitative estimate of drug-likeness (QED) is 0.332. The van der Waals surface area contributed by atoms with E-state index in [4.69, 9.17) is 9.47 Å². The van der Waals surface area contributed by atoms with Gasteiger partial charge in [-0.2, -0.15) is 4.31 Å². The molecule has 10 nitrogen and oxygen atoms in total. The molecule has 0 radical (unpaired) electrons. The third kappa shape index (κ3) is 6.92. The fraction of sp³-hybridized carbons (Fsp3) is 0.581. The number of benzene rings is 2. The Kier molecular flexibility index (Phi) is 10.2. The minimum Gasteiger partial charge on any atom is -0.497 e. The van der Waals surface area contributed by atoms with Crippen LogP contribution >= 0.6 is 0 Å². The van der Waals surface area contributed by atoms with E-state index in [-0.39, 0.29) is 48.4 Å². The lowest BCUT2D eigenvalue weighted by atomic mass is 9.91. The van der Waals surface area contributed by atoms with E-state index in [1.165, 1.54) is 28.4 Å². The molecule has 0 bridgehead atoms. The third-order valence-electron chi connectivity index (χ3n) is 8.63. The van der Waals surface area contributed by atoms with Crippen LogP contribution in [0.1, 0.15) is 38.7 Å². The Morgan fingerprint density at radius 3 is 2.31 bits per heavy atom. The van der Waals surface area contributed by atoms with Crippen LogP contribution in [0.3, 0.4) is 0 Å². The highest BCUT2D eigenvalue weighted by Crippen LogP contribution is 2.41. The number of likely N-dealkylation sites (N-methyl/N-ethyl adjacent to an activating group) is 1. The van der Waals surface area contributed by atoms with Crippen molar-refractivity contribution >= 4 is 16.1 Å². The SMILES string of the molecule is COc1ccc(S(=O)(=O)N(CC(C)C)C[C@@](O)([C@H](Cc2ccccc2)N(C(=O)O)[C@@H]2C[C@@H]3CCO[C@@H]3C2)N(C)C)cc1. The first-order valence-corrected chi connectivity index (χ1v) is 16.0. The van der Waals surface area contributed by atoms with Gasteiger partial charge in [-0.25, -0.2) is 13.2 Å². The molecule has 1 amide bonds. The summed E-state index contributed by atoms with van der Waals surface area (Å²) >= 11 is 0. The van der Waals surface area contributed by atoms with Crippen LogP contribution in [0.4, 0.5) is 4.79 Å². The van der Waals surface area contributed by atoms with Gasteiger partial charge in [0, 0.05) is 19.2 Å². The molecule has 2 fully saturated rings. The Bertz CT molecular complexity index is 1280. The van der Waals surface area contributed by atoms with E-state index in [2.05, 4.69) is 0 Å². The lowest BCUT2D eigenvalue weighted by Crippen LogP contribution is -2.68. The third-order valence-corrected chi connectivity index (χ3v) is 10.5. The zero-order valence-electron chi connectivity index (χ0n) is 25.2. The maximum absolute atomic E-state index is 14.1. The van der Waals surface area contributed by atoms with Crippen LogP contribution in [0.2, 0.25) is 0 Å². The summed E-state index contributed by atoms with van der Waals surface area (Å²) in [5.41, 5.74) is -1.03. The average Bonchev–Trinajstić information content (AvgIpc) is 3.55. The van der Waals surface area contributed by atoms with Crippen LogP contribution in [-0.4, -0.2) is 104 Å². The molecule has 0 spiro atoms. The first kappa shape index (κ1) is 32.2. The lowest BCUT2D eigenvalue weighted by Gasteiger charge is -2.49. The maximum atomic E-state index is 14.1. The van der Waals surface area contributed by atoms with E-state index in [9.17, 15) is 23.4 Å². The number of carboxylic acid groups (broad SMARTS) is 1. The number of amides is 1. The van der Waals surface area contributed by atoms with Gasteiger partial charge in [-0.3, -0.25) is 9.80 Å². The van der Waals surface area contributed by atoms with Gasteiger partial charge in [-0.1, -0.05) is 44.2 Å². The molecule has 1 saturated carbocycles. The molecule has 0 unspecified atom stereocenters. The van der Waals surface area contributed by atoms with E-state index < -0.39 is 27.9 Å². The number of sulfonamides is 1. The van der Waals surface area contributed by atoms with Crippen molar-refractivity contribution in [1.29, 1.82) is 0 Å². The van der Waals surface area contributed by atoms with Crippen LogP contribution in [0.5, 0.6) is 5.75 Å². The molecule has 2 aromatic carbocycles. The van der Waals surface area contributed by atoms with Crippen LogP contribution in [0.15, 0.2) is 59.5 Å². The number of fused-ring (bicyclic) bond motifs is 1. The van der Waals surface area contributed by atoms with Gasteiger partial charge in [-0.05, 0) is 81.4 Å². The minimum atomic E-state index is -4.07. The van der Waals surface area contributed by atoms with Crippen LogP contribution in [0, 0.1) is 11.8 Å². The van der Waals surface area contributed by atoms with Crippen molar-refractivity contribution in [3.63, 3.8) is 0 Å². The fourth-order valence-electron chi connectivity index (χ4n) is 6.39. The van der Waals surface area contributed by atoms with E-state index in [0.717, 1.165) is 12.0 Å². The highest BCUT2D eigenvalue weighted by molar-refractivity contribution is 7.89. The molecule has 2 N–H and O–H groups in total. The largest absolute Gasteiger partial charge is 0.497 e. The van der Waals surface area contributed by atoms with Gasteiger partial charge in [0.1, 0.15) is 5.75 Å². The van der Waals surface area contributed by atoms with Crippen LogP contribution < -0.4 is 4.74 Å². The number of rotatable bonds is 13. The van der Waals surface area contributed by atoms with Gasteiger partial charge in [-0.15, -0.1) is 0 Å². The molecule has 11 heteroatoms. The molecule has 4 rings (SSSR count). The van der Waals surface area contributed by atoms with Crippen molar-refractivity contribution < 1.29 is 32.9 Å². The predicted octanol–water partition coefficient (Wildman–Crippen LogP) is 3.75. The predicted molar refractivity (Wildman–Crippen MR) is 160 cm³/mol. The Morgan fingerprint density at radius 2 is 1.76 bits per heavy atom. The summed E-state index contributed by atoms with van der Waals surface area (Å²) in [6, 6.07) is 14.2. The summed E-state index contributed by atoms with van der Waals surface area (Å²) in [7, 11) is 0.774. The topological polar surface area (TPSA) is 120 Å². The maximum Gasteiger partial charge on any atom is 0.407 e. The van der Waals surface area contributed by atoms with Crippen molar-refractivity contribution in [2.24, 2.45) is 11.8 Å². The number of hydrogen-bond donors (Lipinski definition) is 2. The lowest BCUT2D eigenvalue weighted by molar-refractivity contribution is -0.148. The van der Waals surface area contributed by atoms with E-state index in [0.29, 0.717) is 25.2 Å². The first-order chi connectivity index (χ1) is 19.9. The van der Waals surface area contributed by atoms with Crippen molar-refractivity contribution in [1.82, 2.24) is 14.1 Å². The second-order valence-corrected chi connectivity index (χ2v) is 14.1. The van der Waals surface area contributed by atoms with Crippen LogP contribution in [0.25, 0.3) is 0 Å². The Balaban J connectivity index is 1.78. The first-order valence-electron chi connectivity index (χ1n) is 14.6. The number of aliphatic hydroxyl groups is 1. The standard InChI is InChI=1S/C31H45N3O7S/c1-22(2)20-33(42(38,39)27-13-11-26(40-5)12-14-27)21-31(37,32(3)4)29(17-23-9-7-6-8-10-23)34(30(35)36)25-18-24-15-16-41-28(24)19-25/h6-14,22,24-25,28-29,37H,15-21H2,1-5H3,(H,35,36)/t24-,25+,28+,29-,31+/m0/s1. The highest BCUT2D eigenvalue weighted by Gasteiger charge is 2.52. The summed E-state index contributed by atoms with van der Waals surface area (Å²) < 4.78 is 40.5.